The summed E-state index contributed by atoms with van der Waals surface area (Å²) in [4.78, 5) is 0. The standard InChI is InChI=1S/C35H24N2/c1-36-21-31-27-11-5-7-13-29(27)33-19-26(25-17-15-24(16-18-25)23-9-3-2-4-10-23)20-34-30-14-8-6-12-28(30)32(22-36)35(31)37(33)34/h2-22H,1H3/q+2. The molecule has 0 bridgehead atoms. The molecule has 0 saturated carbocycles. The number of nitrogens with zero attached hydrogens (tertiary/aromatic N) is 2. The van der Waals surface area contributed by atoms with Crippen molar-refractivity contribution in [2.24, 2.45) is 7.05 Å². The second kappa shape index (κ2) is 7.59. The Kier molecular flexibility index (Phi) is 4.18. The fourth-order valence-electron chi connectivity index (χ4n) is 6.11. The number of hydrogen-bond donors (Lipinski definition) is 0. The molecule has 0 spiro atoms. The molecule has 0 fully saturated rings. The number of aryl methyl sites for hydroxylation is 1. The highest BCUT2D eigenvalue weighted by Crippen LogP contribution is 2.36. The van der Waals surface area contributed by atoms with E-state index in [-0.39, 0.29) is 0 Å². The molecule has 8 aromatic rings. The van der Waals surface area contributed by atoms with Gasteiger partial charge in [-0.2, -0.15) is 4.40 Å². The van der Waals surface area contributed by atoms with Crippen LogP contribution in [-0.4, -0.2) is 0 Å². The molecule has 4 heterocycles. The van der Waals surface area contributed by atoms with Crippen LogP contribution < -0.4 is 8.97 Å². The van der Waals surface area contributed by atoms with E-state index in [2.05, 4.69) is 144 Å². The predicted octanol–water partition coefficient (Wildman–Crippen LogP) is 7.63. The molecule has 8 rings (SSSR count). The van der Waals surface area contributed by atoms with Crippen molar-refractivity contribution in [2.75, 3.05) is 0 Å². The minimum Gasteiger partial charge on any atom is -0.206 e. The van der Waals surface area contributed by atoms with Crippen molar-refractivity contribution in [3.63, 3.8) is 0 Å². The Labute approximate surface area is 214 Å². The lowest BCUT2D eigenvalue weighted by molar-refractivity contribution is -0.669. The van der Waals surface area contributed by atoms with Crippen molar-refractivity contribution >= 4 is 48.9 Å². The Hall–Kier alpha value is -4.82. The molecule has 0 aliphatic rings. The van der Waals surface area contributed by atoms with Crippen LogP contribution in [0.25, 0.3) is 71.1 Å². The summed E-state index contributed by atoms with van der Waals surface area (Å²) in [5, 5.41) is 7.69. The topological polar surface area (TPSA) is 7.98 Å². The Morgan fingerprint density at radius 1 is 0.405 bits per heavy atom. The highest BCUT2D eigenvalue weighted by Gasteiger charge is 2.27. The first kappa shape index (κ1) is 20.4. The van der Waals surface area contributed by atoms with Crippen LogP contribution in [0, 0.1) is 0 Å². The van der Waals surface area contributed by atoms with E-state index in [1.807, 2.05) is 0 Å². The summed E-state index contributed by atoms with van der Waals surface area (Å²) in [7, 11) is 2.12. The summed E-state index contributed by atoms with van der Waals surface area (Å²) >= 11 is 0. The number of fused-ring (bicyclic) bond motifs is 6. The van der Waals surface area contributed by atoms with E-state index in [4.69, 9.17) is 0 Å². The molecule has 0 atom stereocenters. The van der Waals surface area contributed by atoms with Crippen LogP contribution in [0.2, 0.25) is 0 Å². The molecule has 0 aliphatic carbocycles. The summed E-state index contributed by atoms with van der Waals surface area (Å²) in [6.45, 7) is 0. The minimum absolute atomic E-state index is 1.23. The SMILES string of the molecule is C[n+]1cc2c3ccccc3c3cc(-c4ccc(-c5ccccc5)cc4)cc4c5ccccc5c(c1)c2[n+]34. The van der Waals surface area contributed by atoms with Crippen molar-refractivity contribution in [2.45, 2.75) is 0 Å². The van der Waals surface area contributed by atoms with Gasteiger partial charge in [-0.25, -0.2) is 4.57 Å². The molecule has 2 nitrogen and oxygen atoms in total. The van der Waals surface area contributed by atoms with Crippen molar-refractivity contribution in [3.05, 3.63) is 128 Å². The van der Waals surface area contributed by atoms with Gasteiger partial charge in [-0.15, -0.1) is 0 Å². The molecule has 0 radical (unpaired) electrons. The Morgan fingerprint density at radius 2 is 0.838 bits per heavy atom. The molecule has 0 aliphatic heterocycles. The highest BCUT2D eigenvalue weighted by atomic mass is 14.9. The molecule has 0 unspecified atom stereocenters. The summed E-state index contributed by atoms with van der Waals surface area (Å²) < 4.78 is 4.68. The molecule has 0 amide bonds. The maximum atomic E-state index is 2.48. The summed E-state index contributed by atoms with van der Waals surface area (Å²) in [6, 6.07) is 41.9. The largest absolute Gasteiger partial charge is 0.239 e. The Bertz CT molecular complexity index is 2020. The molecule has 2 heteroatoms. The average Bonchev–Trinajstić information content (AvgIpc) is 2.97. The van der Waals surface area contributed by atoms with Crippen molar-refractivity contribution in [3.8, 4) is 22.3 Å². The number of pyridine rings is 4. The third-order valence-electron chi connectivity index (χ3n) is 7.78. The third kappa shape index (κ3) is 2.93. The zero-order valence-electron chi connectivity index (χ0n) is 20.5. The van der Waals surface area contributed by atoms with Crippen molar-refractivity contribution in [1.82, 2.24) is 0 Å². The van der Waals surface area contributed by atoms with Gasteiger partial charge in [-0.1, -0.05) is 91.0 Å². The van der Waals surface area contributed by atoms with Crippen LogP contribution in [0.1, 0.15) is 0 Å². The molecule has 0 N–H and O–H groups in total. The monoisotopic (exact) mass is 472 g/mol. The van der Waals surface area contributed by atoms with Crippen LogP contribution in [-0.2, 0) is 7.05 Å². The first-order chi connectivity index (χ1) is 18.3. The van der Waals surface area contributed by atoms with E-state index >= 15 is 0 Å². The Balaban J connectivity index is 1.51. The molecule has 4 aromatic heterocycles. The quantitative estimate of drug-likeness (QED) is 0.139. The second-order valence-corrected chi connectivity index (χ2v) is 9.98. The van der Waals surface area contributed by atoms with E-state index in [1.54, 1.807) is 0 Å². The van der Waals surface area contributed by atoms with Gasteiger partial charge in [0.1, 0.15) is 17.8 Å². The molecule has 4 aromatic carbocycles. The van der Waals surface area contributed by atoms with Gasteiger partial charge in [-0.05, 0) is 34.4 Å². The maximum Gasteiger partial charge on any atom is 0.239 e. The van der Waals surface area contributed by atoms with E-state index in [9.17, 15) is 0 Å². The summed E-state index contributed by atoms with van der Waals surface area (Å²) in [5.41, 5.74) is 8.71. The first-order valence-corrected chi connectivity index (χ1v) is 12.8. The van der Waals surface area contributed by atoms with Gasteiger partial charge in [-0.3, -0.25) is 0 Å². The van der Waals surface area contributed by atoms with Gasteiger partial charge < -0.3 is 0 Å². The van der Waals surface area contributed by atoms with Gasteiger partial charge in [0.15, 0.2) is 12.4 Å². The lowest BCUT2D eigenvalue weighted by atomic mass is 9.95. The third-order valence-corrected chi connectivity index (χ3v) is 7.78. The normalized spacial score (nSPS) is 11.9. The van der Waals surface area contributed by atoms with E-state index in [1.165, 1.54) is 71.1 Å². The number of rotatable bonds is 2. The number of benzene rings is 4. The zero-order valence-corrected chi connectivity index (χ0v) is 20.5. The van der Waals surface area contributed by atoms with Gasteiger partial charge in [0.2, 0.25) is 16.6 Å². The van der Waals surface area contributed by atoms with Gasteiger partial charge in [0, 0.05) is 22.9 Å². The van der Waals surface area contributed by atoms with Crippen LogP contribution in [0.5, 0.6) is 0 Å². The van der Waals surface area contributed by atoms with Crippen molar-refractivity contribution in [1.29, 1.82) is 0 Å². The maximum absolute atomic E-state index is 2.48. The van der Waals surface area contributed by atoms with E-state index in [0.717, 1.165) is 0 Å². The van der Waals surface area contributed by atoms with E-state index < -0.39 is 0 Å². The molecular weight excluding hydrogens is 448 g/mol. The second-order valence-electron chi connectivity index (χ2n) is 9.98. The van der Waals surface area contributed by atoms with Crippen LogP contribution in [0.3, 0.4) is 0 Å². The van der Waals surface area contributed by atoms with Gasteiger partial charge >= 0.3 is 0 Å². The van der Waals surface area contributed by atoms with Crippen LogP contribution in [0.4, 0.5) is 0 Å². The number of hydrogen-bond acceptors (Lipinski definition) is 0. The fourth-order valence-corrected chi connectivity index (χ4v) is 6.11. The fraction of sp³-hybridized carbons (Fsp3) is 0.0286. The molecule has 37 heavy (non-hydrogen) atoms. The van der Waals surface area contributed by atoms with Crippen LogP contribution >= 0.6 is 0 Å². The minimum atomic E-state index is 1.23. The zero-order chi connectivity index (χ0) is 24.5. The lowest BCUT2D eigenvalue weighted by Gasteiger charge is -2.12. The summed E-state index contributed by atoms with van der Waals surface area (Å²) in [5.74, 6) is 0. The van der Waals surface area contributed by atoms with E-state index in [0.29, 0.717) is 0 Å². The van der Waals surface area contributed by atoms with Gasteiger partial charge in [0.05, 0.1) is 10.8 Å². The molecule has 0 saturated heterocycles. The average molecular weight is 473 g/mol. The van der Waals surface area contributed by atoms with Crippen LogP contribution in [0.15, 0.2) is 128 Å². The first-order valence-electron chi connectivity index (χ1n) is 12.8. The summed E-state index contributed by atoms with van der Waals surface area (Å²) in [6.07, 6.45) is 4.53. The van der Waals surface area contributed by atoms with Gasteiger partial charge in [0.25, 0.3) is 0 Å². The Morgan fingerprint density at radius 3 is 1.38 bits per heavy atom. The molecule has 172 valence electrons. The highest BCUT2D eigenvalue weighted by molar-refractivity contribution is 6.20. The predicted molar refractivity (Wildman–Crippen MR) is 153 cm³/mol. The molecular formula is C35H24N2+2. The van der Waals surface area contributed by atoms with Crippen molar-refractivity contribution < 1.29 is 8.97 Å². The smallest absolute Gasteiger partial charge is 0.206 e. The number of aromatic nitrogens is 2. The lowest BCUT2D eigenvalue weighted by Crippen LogP contribution is -2.32.